The summed E-state index contributed by atoms with van der Waals surface area (Å²) in [6.45, 7) is 17.3. The summed E-state index contributed by atoms with van der Waals surface area (Å²) in [5.41, 5.74) is 3.92. The number of nitrogens with zero attached hydrogens (tertiary/aromatic N) is 8. The molecule has 1 aliphatic carbocycles. The maximum Gasteiger partial charge on any atom is 0.325 e. The van der Waals surface area contributed by atoms with Crippen LogP contribution in [0.2, 0.25) is 4.34 Å². The number of allylic oxidation sites excluding steroid dienone is 2. The molecule has 23 heteroatoms. The lowest BCUT2D eigenvalue weighted by atomic mass is 10.1. The van der Waals surface area contributed by atoms with Crippen LogP contribution >= 0.6 is 34.3 Å². The Morgan fingerprint density at radius 2 is 1.54 bits per heavy atom. The maximum atomic E-state index is 13.8. The van der Waals surface area contributed by atoms with Gasteiger partial charge in [-0.3, -0.25) is 19.7 Å². The second-order valence-electron chi connectivity index (χ2n) is 20.0. The Kier molecular flexibility index (Phi) is 26.3. The number of aromatic nitrogens is 4. The van der Waals surface area contributed by atoms with Crippen molar-refractivity contribution in [1.29, 1.82) is 0 Å². The molecule has 1 atom stereocenters. The number of halogens is 1. The van der Waals surface area contributed by atoms with E-state index in [1.54, 1.807) is 63.5 Å². The van der Waals surface area contributed by atoms with Crippen LogP contribution in [0.4, 0.5) is 15.6 Å². The predicted molar refractivity (Wildman–Crippen MR) is 321 cm³/mol. The van der Waals surface area contributed by atoms with E-state index in [4.69, 9.17) is 35.3 Å². The average Bonchev–Trinajstić information content (AvgIpc) is 4.02. The summed E-state index contributed by atoms with van der Waals surface area (Å²) in [6.07, 6.45) is 12.3. The molecule has 2 fully saturated rings. The third-order valence-electron chi connectivity index (χ3n) is 13.5. The van der Waals surface area contributed by atoms with Crippen molar-refractivity contribution in [3.05, 3.63) is 135 Å². The number of carbonyl (C=O) groups excluding carboxylic acids is 4. The van der Waals surface area contributed by atoms with Gasteiger partial charge in [-0.1, -0.05) is 60.3 Å². The minimum atomic E-state index is -0.761. The zero-order chi connectivity index (χ0) is 57.9. The number of thiophene rings is 1. The molecule has 2 aromatic carbocycles. The fourth-order valence-corrected chi connectivity index (χ4v) is 10.6. The summed E-state index contributed by atoms with van der Waals surface area (Å²) in [5.74, 6) is 1.18. The summed E-state index contributed by atoms with van der Waals surface area (Å²) in [6, 6.07) is 17.4. The molecule has 1 aliphatic heterocycles. The number of urea groups is 1. The number of likely N-dealkylation sites (N-methyl/N-ethyl adjacent to an activating group) is 2. The van der Waals surface area contributed by atoms with Gasteiger partial charge in [0.05, 0.1) is 74.9 Å². The third kappa shape index (κ3) is 22.0. The topological polar surface area (TPSA) is 207 Å². The molecule has 1 saturated heterocycles. The van der Waals surface area contributed by atoms with Crippen molar-refractivity contribution in [2.75, 3.05) is 123 Å². The van der Waals surface area contributed by atoms with E-state index in [0.29, 0.717) is 112 Å². The molecule has 442 valence electrons. The van der Waals surface area contributed by atoms with Crippen LogP contribution in [-0.4, -0.2) is 182 Å². The number of benzene rings is 2. The van der Waals surface area contributed by atoms with Crippen molar-refractivity contribution in [3.8, 4) is 11.5 Å². The van der Waals surface area contributed by atoms with Crippen LogP contribution in [0, 0.1) is 0 Å². The number of thiazole rings is 1. The molecule has 3 N–H and O–H groups in total. The monoisotopic (exact) mass is 1180 g/mol. The van der Waals surface area contributed by atoms with Crippen molar-refractivity contribution < 1.29 is 42.9 Å². The average molecular weight is 1180 g/mol. The maximum absolute atomic E-state index is 13.8. The van der Waals surface area contributed by atoms with E-state index in [1.807, 2.05) is 48.5 Å². The van der Waals surface area contributed by atoms with E-state index in [9.17, 15) is 19.2 Å². The Bertz CT molecular complexity index is 2820. The molecular formula is C59H78ClN11O9S2. The zero-order valence-electron chi connectivity index (χ0n) is 47.1. The largest absolute Gasteiger partial charge is 0.494 e. The van der Waals surface area contributed by atoms with Gasteiger partial charge in [0, 0.05) is 80.3 Å². The number of amides is 5. The van der Waals surface area contributed by atoms with Crippen LogP contribution in [0.1, 0.15) is 60.0 Å². The minimum absolute atomic E-state index is 0.0158. The number of anilines is 2. The highest BCUT2D eigenvalue weighted by atomic mass is 35.5. The molecule has 0 radical (unpaired) electrons. The number of hydrogen-bond donors (Lipinski definition) is 3. The lowest BCUT2D eigenvalue weighted by Gasteiger charge is -2.32. The van der Waals surface area contributed by atoms with E-state index < -0.39 is 12.1 Å². The van der Waals surface area contributed by atoms with Crippen molar-refractivity contribution in [3.63, 3.8) is 0 Å². The summed E-state index contributed by atoms with van der Waals surface area (Å²) in [5, 5.41) is 19.2. The van der Waals surface area contributed by atoms with Gasteiger partial charge in [-0.25, -0.2) is 14.5 Å². The number of aryl methyl sites for hydroxylation is 1. The van der Waals surface area contributed by atoms with E-state index in [2.05, 4.69) is 61.3 Å². The SMILES string of the molecule is C=C/C=C(\C=C)CNC(=O)C(c1ccc(Cl)s1)N(C(=O)CCc1ccc(OCCCCN(C)CCOCCOCCc2cn(CCOCCOc3ccc(NC(=O)Nc4nc(CC(=O)N5CCN(C)CC5)cs4)cc3)nn2)cc1)C1CC1. The van der Waals surface area contributed by atoms with Crippen molar-refractivity contribution in [1.82, 2.24) is 44.9 Å². The molecule has 20 nitrogen and oxygen atoms in total. The molecule has 7 rings (SSSR count). The highest BCUT2D eigenvalue weighted by molar-refractivity contribution is 7.16. The highest BCUT2D eigenvalue weighted by Gasteiger charge is 2.41. The highest BCUT2D eigenvalue weighted by Crippen LogP contribution is 2.39. The molecule has 1 saturated carbocycles. The third-order valence-corrected chi connectivity index (χ3v) is 15.6. The van der Waals surface area contributed by atoms with Crippen molar-refractivity contribution >= 4 is 68.8 Å². The summed E-state index contributed by atoms with van der Waals surface area (Å²) in [7, 11) is 4.14. The molecular weight excluding hydrogens is 1110 g/mol. The second-order valence-corrected chi connectivity index (χ2v) is 22.6. The standard InChI is InChI=1S/C59H78ClN11O9S2/c1-5-9-44(6-2)41-61-57(74)56(52-21-22-53(60)82-52)71(49-15-16-49)54(72)23-12-45-10-17-50(18-11-45)79-32-8-7-25-67(3)30-34-77-37-36-76-33-24-47-42-70(66-65-47)31-35-78-38-39-80-51-19-13-46(14-20-51)62-58(75)64-59-63-48(43-81-59)40-55(73)69-28-26-68(4)27-29-69/h5-6,9-11,13-14,17-22,42-43,49,56H,1-2,7-8,12,15-16,23-41H2,3-4H3,(H,61,74)(H2,62,63,64,75)/b44-9+. The Hall–Kier alpha value is -6.50. The normalized spacial score (nSPS) is 14.1. The van der Waals surface area contributed by atoms with Gasteiger partial charge in [0.2, 0.25) is 17.7 Å². The number of unbranched alkanes of at least 4 members (excludes halogenated alkanes) is 1. The second kappa shape index (κ2) is 34.2. The zero-order valence-corrected chi connectivity index (χ0v) is 49.5. The van der Waals surface area contributed by atoms with Crippen molar-refractivity contribution in [2.45, 2.75) is 70.0 Å². The van der Waals surface area contributed by atoms with Crippen LogP contribution < -0.4 is 25.4 Å². The lowest BCUT2D eigenvalue weighted by Crippen LogP contribution is -2.47. The summed E-state index contributed by atoms with van der Waals surface area (Å²) >= 11 is 8.91. The number of piperazine rings is 1. The Morgan fingerprint density at radius 3 is 2.26 bits per heavy atom. The lowest BCUT2D eigenvalue weighted by molar-refractivity contribution is -0.141. The molecule has 4 heterocycles. The first-order valence-electron chi connectivity index (χ1n) is 27.9. The molecule has 0 bridgehead atoms. The van der Waals surface area contributed by atoms with E-state index >= 15 is 0 Å². The van der Waals surface area contributed by atoms with E-state index in [-0.39, 0.29) is 43.1 Å². The smallest absolute Gasteiger partial charge is 0.325 e. The van der Waals surface area contributed by atoms with Gasteiger partial charge in [-0.15, -0.1) is 27.8 Å². The Balaban J connectivity index is 0.655. The first-order valence-corrected chi connectivity index (χ1v) is 30.0. The van der Waals surface area contributed by atoms with Gasteiger partial charge >= 0.3 is 6.03 Å². The van der Waals surface area contributed by atoms with Crippen LogP contribution in [0.15, 0.2) is 109 Å². The minimum Gasteiger partial charge on any atom is -0.494 e. The molecule has 1 unspecified atom stereocenters. The van der Waals surface area contributed by atoms with Crippen LogP contribution in [-0.2, 0) is 54.4 Å². The predicted octanol–water partition coefficient (Wildman–Crippen LogP) is 7.95. The number of ether oxygens (including phenoxy) is 5. The van der Waals surface area contributed by atoms with Crippen LogP contribution in [0.25, 0.3) is 0 Å². The number of hydrogen-bond acceptors (Lipinski definition) is 16. The molecule has 0 spiro atoms. The van der Waals surface area contributed by atoms with Gasteiger partial charge in [-0.2, -0.15) is 0 Å². The van der Waals surface area contributed by atoms with Gasteiger partial charge in [0.15, 0.2) is 5.13 Å². The van der Waals surface area contributed by atoms with E-state index in [1.165, 1.54) is 22.7 Å². The van der Waals surface area contributed by atoms with Gasteiger partial charge in [0.25, 0.3) is 0 Å². The Morgan fingerprint density at radius 1 is 0.817 bits per heavy atom. The number of carbonyl (C=O) groups is 4. The van der Waals surface area contributed by atoms with Crippen molar-refractivity contribution in [2.24, 2.45) is 0 Å². The van der Waals surface area contributed by atoms with Gasteiger partial charge in [0.1, 0.15) is 24.1 Å². The summed E-state index contributed by atoms with van der Waals surface area (Å²) < 4.78 is 31.5. The molecule has 5 amide bonds. The van der Waals surface area contributed by atoms with Crippen LogP contribution in [0.3, 0.4) is 0 Å². The first-order chi connectivity index (χ1) is 39.9. The molecule has 5 aromatic rings. The first kappa shape index (κ1) is 63.1. The number of rotatable bonds is 37. The molecule has 3 aromatic heterocycles. The fraction of sp³-hybridized carbons (Fsp3) is 0.475. The van der Waals surface area contributed by atoms with E-state index in [0.717, 1.165) is 79.3 Å². The van der Waals surface area contributed by atoms with Crippen LogP contribution in [0.5, 0.6) is 11.5 Å². The summed E-state index contributed by atoms with van der Waals surface area (Å²) in [4.78, 5) is 66.0. The Labute approximate surface area is 494 Å². The van der Waals surface area contributed by atoms with Gasteiger partial charge in [-0.05, 0) is 112 Å². The molecule has 2 aliphatic rings. The quantitative estimate of drug-likeness (QED) is 0.0255. The fourth-order valence-electron chi connectivity index (χ4n) is 8.76. The number of nitrogens with one attached hydrogen (secondary N) is 3. The van der Waals surface area contributed by atoms with Gasteiger partial charge < -0.3 is 53.9 Å². The molecule has 82 heavy (non-hydrogen) atoms.